The Hall–Kier alpha value is -3.64. The molecule has 0 aliphatic heterocycles. The molecule has 3 aromatic carbocycles. The molecule has 29 heavy (non-hydrogen) atoms. The van der Waals surface area contributed by atoms with Crippen LogP contribution < -0.4 is 15.7 Å². The van der Waals surface area contributed by atoms with Gasteiger partial charge in [0.1, 0.15) is 16.5 Å². The number of rotatable bonds is 5. The van der Waals surface area contributed by atoms with E-state index in [4.69, 9.17) is 16.3 Å². The van der Waals surface area contributed by atoms with Crippen molar-refractivity contribution in [2.75, 3.05) is 12.5 Å². The highest BCUT2D eigenvalue weighted by atomic mass is 35.5. The standard InChI is InChI=1S/C22H17ClN4O2/c1-29-20-12-11-15-7-5-6-10-17(15)18(20)13-24-26-19-14-25-27(22(28)21(19)23)16-8-3-2-4-9-16/h2-14,26H,1H3/b24-13-. The van der Waals surface area contributed by atoms with Crippen LogP contribution in [0, 0.1) is 0 Å². The summed E-state index contributed by atoms with van der Waals surface area (Å²) in [5.41, 5.74) is 4.15. The van der Waals surface area contributed by atoms with Gasteiger partial charge in [-0.05, 0) is 29.0 Å². The number of hydrogen-bond donors (Lipinski definition) is 1. The molecule has 0 aliphatic carbocycles. The van der Waals surface area contributed by atoms with E-state index >= 15 is 0 Å². The number of aromatic nitrogens is 2. The lowest BCUT2D eigenvalue weighted by atomic mass is 10.0. The van der Waals surface area contributed by atoms with E-state index in [2.05, 4.69) is 15.6 Å². The van der Waals surface area contributed by atoms with Gasteiger partial charge in [-0.3, -0.25) is 10.2 Å². The third-order valence-electron chi connectivity index (χ3n) is 4.45. The highest BCUT2D eigenvalue weighted by molar-refractivity contribution is 6.33. The van der Waals surface area contributed by atoms with Gasteiger partial charge in [-0.2, -0.15) is 14.9 Å². The summed E-state index contributed by atoms with van der Waals surface area (Å²) in [4.78, 5) is 12.6. The number of nitrogens with zero attached hydrogens (tertiary/aromatic N) is 3. The molecule has 0 unspecified atom stereocenters. The van der Waals surface area contributed by atoms with Gasteiger partial charge in [0.25, 0.3) is 5.56 Å². The number of fused-ring (bicyclic) bond motifs is 1. The van der Waals surface area contributed by atoms with E-state index in [1.807, 2.05) is 54.6 Å². The zero-order valence-corrected chi connectivity index (χ0v) is 16.3. The van der Waals surface area contributed by atoms with Crippen molar-refractivity contribution in [3.05, 3.63) is 93.9 Å². The number of halogens is 1. The van der Waals surface area contributed by atoms with Crippen LogP contribution in [0.1, 0.15) is 5.56 Å². The summed E-state index contributed by atoms with van der Waals surface area (Å²) in [5.74, 6) is 0.693. The minimum absolute atomic E-state index is 0.00545. The van der Waals surface area contributed by atoms with Crippen LogP contribution >= 0.6 is 11.6 Å². The zero-order valence-electron chi connectivity index (χ0n) is 15.5. The van der Waals surface area contributed by atoms with E-state index < -0.39 is 5.56 Å². The normalized spacial score (nSPS) is 11.1. The molecule has 0 spiro atoms. The predicted octanol–water partition coefficient (Wildman–Crippen LogP) is 4.49. The molecule has 1 heterocycles. The molecule has 0 saturated carbocycles. The van der Waals surface area contributed by atoms with E-state index in [0.29, 0.717) is 17.1 Å². The molecule has 0 bridgehead atoms. The molecule has 0 saturated heterocycles. The molecule has 0 atom stereocenters. The van der Waals surface area contributed by atoms with Crippen LogP contribution in [-0.4, -0.2) is 23.1 Å². The van der Waals surface area contributed by atoms with Crippen LogP contribution in [0.4, 0.5) is 5.69 Å². The first-order valence-corrected chi connectivity index (χ1v) is 9.25. The average Bonchev–Trinajstić information content (AvgIpc) is 2.77. The second-order valence-electron chi connectivity index (χ2n) is 6.20. The Kier molecular flexibility index (Phi) is 5.27. The summed E-state index contributed by atoms with van der Waals surface area (Å²) in [6.45, 7) is 0. The quantitative estimate of drug-likeness (QED) is 0.393. The Morgan fingerprint density at radius 2 is 1.83 bits per heavy atom. The second-order valence-corrected chi connectivity index (χ2v) is 6.58. The van der Waals surface area contributed by atoms with Gasteiger partial charge in [-0.1, -0.05) is 60.1 Å². The first-order valence-electron chi connectivity index (χ1n) is 8.87. The molecule has 7 heteroatoms. The highest BCUT2D eigenvalue weighted by Gasteiger charge is 2.10. The van der Waals surface area contributed by atoms with Gasteiger partial charge in [0, 0.05) is 5.56 Å². The van der Waals surface area contributed by atoms with Gasteiger partial charge in [0.05, 0.1) is 25.2 Å². The minimum atomic E-state index is -0.430. The number of hydrazone groups is 1. The average molecular weight is 405 g/mol. The van der Waals surface area contributed by atoms with Gasteiger partial charge in [-0.15, -0.1) is 0 Å². The Morgan fingerprint density at radius 3 is 2.62 bits per heavy atom. The third-order valence-corrected chi connectivity index (χ3v) is 4.81. The summed E-state index contributed by atoms with van der Waals surface area (Å²) in [5, 5.41) is 10.5. The lowest BCUT2D eigenvalue weighted by Gasteiger charge is -2.09. The maximum absolute atomic E-state index is 12.6. The van der Waals surface area contributed by atoms with Crippen LogP contribution in [0.25, 0.3) is 16.5 Å². The largest absolute Gasteiger partial charge is 0.496 e. The molecule has 6 nitrogen and oxygen atoms in total. The van der Waals surface area contributed by atoms with Gasteiger partial charge in [0.2, 0.25) is 0 Å². The molecule has 0 radical (unpaired) electrons. The molecular formula is C22H17ClN4O2. The van der Waals surface area contributed by atoms with Crippen LogP contribution in [-0.2, 0) is 0 Å². The SMILES string of the molecule is COc1ccc2ccccc2c1/C=N\Nc1cnn(-c2ccccc2)c(=O)c1Cl. The molecule has 4 rings (SSSR count). The van der Waals surface area contributed by atoms with Crippen molar-refractivity contribution in [1.29, 1.82) is 0 Å². The van der Waals surface area contributed by atoms with Gasteiger partial charge in [-0.25, -0.2) is 0 Å². The highest BCUT2D eigenvalue weighted by Crippen LogP contribution is 2.26. The maximum Gasteiger partial charge on any atom is 0.292 e. The zero-order chi connectivity index (χ0) is 20.2. The van der Waals surface area contributed by atoms with Crippen molar-refractivity contribution >= 4 is 34.3 Å². The van der Waals surface area contributed by atoms with E-state index in [9.17, 15) is 4.79 Å². The summed E-state index contributed by atoms with van der Waals surface area (Å²) in [6.07, 6.45) is 3.11. The van der Waals surface area contributed by atoms with E-state index in [1.54, 1.807) is 25.5 Å². The minimum Gasteiger partial charge on any atom is -0.496 e. The van der Waals surface area contributed by atoms with E-state index in [0.717, 1.165) is 16.3 Å². The van der Waals surface area contributed by atoms with Crippen molar-refractivity contribution in [1.82, 2.24) is 9.78 Å². The predicted molar refractivity (Wildman–Crippen MR) is 117 cm³/mol. The Bertz CT molecular complexity index is 1250. The first-order chi connectivity index (χ1) is 14.2. The monoisotopic (exact) mass is 404 g/mol. The smallest absolute Gasteiger partial charge is 0.292 e. The van der Waals surface area contributed by atoms with E-state index in [-0.39, 0.29) is 5.02 Å². The molecule has 0 aliphatic rings. The second kappa shape index (κ2) is 8.16. The summed E-state index contributed by atoms with van der Waals surface area (Å²) in [6, 6.07) is 20.9. The summed E-state index contributed by atoms with van der Waals surface area (Å²) >= 11 is 6.25. The van der Waals surface area contributed by atoms with Crippen molar-refractivity contribution in [2.24, 2.45) is 5.10 Å². The molecule has 1 N–H and O–H groups in total. The number of ether oxygens (including phenoxy) is 1. The molecule has 144 valence electrons. The molecule has 1 aromatic heterocycles. The maximum atomic E-state index is 12.6. The number of hydrogen-bond acceptors (Lipinski definition) is 5. The Labute approximate surface area is 172 Å². The van der Waals surface area contributed by atoms with Gasteiger partial charge < -0.3 is 4.74 Å². The first kappa shape index (κ1) is 18.7. The van der Waals surface area contributed by atoms with Crippen LogP contribution in [0.5, 0.6) is 5.75 Å². The van der Waals surface area contributed by atoms with E-state index in [1.165, 1.54) is 10.9 Å². The topological polar surface area (TPSA) is 68.5 Å². The Morgan fingerprint density at radius 1 is 1.07 bits per heavy atom. The van der Waals surface area contributed by atoms with Gasteiger partial charge >= 0.3 is 0 Å². The molecular weight excluding hydrogens is 388 g/mol. The van der Waals surface area contributed by atoms with Crippen molar-refractivity contribution in [2.45, 2.75) is 0 Å². The van der Waals surface area contributed by atoms with Crippen molar-refractivity contribution in [3.63, 3.8) is 0 Å². The lowest BCUT2D eigenvalue weighted by Crippen LogP contribution is -2.22. The fourth-order valence-corrected chi connectivity index (χ4v) is 3.19. The Balaban J connectivity index is 1.65. The van der Waals surface area contributed by atoms with Crippen LogP contribution in [0.2, 0.25) is 5.02 Å². The van der Waals surface area contributed by atoms with Crippen molar-refractivity contribution in [3.8, 4) is 11.4 Å². The summed E-state index contributed by atoms with van der Waals surface area (Å²) in [7, 11) is 1.61. The van der Waals surface area contributed by atoms with Crippen LogP contribution in [0.15, 0.2) is 82.8 Å². The molecule has 0 fully saturated rings. The number of methoxy groups -OCH3 is 1. The lowest BCUT2D eigenvalue weighted by molar-refractivity contribution is 0.415. The molecule has 0 amide bonds. The van der Waals surface area contributed by atoms with Gasteiger partial charge in [0.15, 0.2) is 0 Å². The number of para-hydroxylation sites is 1. The fraction of sp³-hybridized carbons (Fsp3) is 0.0455. The number of anilines is 1. The fourth-order valence-electron chi connectivity index (χ4n) is 3.02. The summed E-state index contributed by atoms with van der Waals surface area (Å²) < 4.78 is 6.69. The van der Waals surface area contributed by atoms with Crippen molar-refractivity contribution < 1.29 is 4.74 Å². The molecule has 4 aromatic rings. The number of benzene rings is 3. The number of nitrogens with one attached hydrogen (secondary N) is 1. The van der Waals surface area contributed by atoms with Crippen LogP contribution in [0.3, 0.4) is 0 Å². The third kappa shape index (κ3) is 3.70.